The largest absolute Gasteiger partial charge is 0.493 e. The Labute approximate surface area is 259 Å². The van der Waals surface area contributed by atoms with Gasteiger partial charge in [0.2, 0.25) is 12.5 Å². The number of carboxylic acids is 1. The summed E-state index contributed by atoms with van der Waals surface area (Å²) in [6.45, 7) is 3.90. The highest BCUT2D eigenvalue weighted by molar-refractivity contribution is 6.02. The van der Waals surface area contributed by atoms with Gasteiger partial charge in [-0.25, -0.2) is 9.59 Å². The minimum absolute atomic E-state index is 0.00314. The molecule has 4 atom stereocenters. The fourth-order valence-corrected chi connectivity index (χ4v) is 5.97. The molecule has 1 saturated heterocycles. The first kappa shape index (κ1) is 31.5. The molecule has 2 aliphatic heterocycles. The molecule has 3 aliphatic rings. The highest BCUT2D eigenvalue weighted by Gasteiger charge is 2.54. The molecule has 3 aromatic rings. The number of fused-ring (bicyclic) bond motifs is 3. The van der Waals surface area contributed by atoms with Crippen LogP contribution in [0, 0.1) is 11.8 Å². The van der Waals surface area contributed by atoms with E-state index in [9.17, 15) is 19.5 Å². The van der Waals surface area contributed by atoms with E-state index in [1.807, 2.05) is 13.8 Å². The van der Waals surface area contributed by atoms with Crippen molar-refractivity contribution >= 4 is 17.9 Å². The first-order valence-corrected chi connectivity index (χ1v) is 14.3. The fraction of sp³-hybridized carbons (Fsp3) is 0.364. The SMILES string of the molecule is CC(C)N.COc1cc([C@@H]2c3cc4c(cc3[C@H](OC(=O)c3ccccc3C(=O)O)[C@H]3COC(=O)[C@H]23)OCO4)cc(OC)c1OC. The van der Waals surface area contributed by atoms with Crippen molar-refractivity contribution < 1.29 is 52.6 Å². The van der Waals surface area contributed by atoms with Gasteiger partial charge >= 0.3 is 17.9 Å². The summed E-state index contributed by atoms with van der Waals surface area (Å²) in [5.41, 5.74) is 6.76. The van der Waals surface area contributed by atoms with E-state index in [2.05, 4.69) is 0 Å². The fourth-order valence-electron chi connectivity index (χ4n) is 5.97. The molecule has 12 nitrogen and oxygen atoms in total. The van der Waals surface area contributed by atoms with E-state index in [-0.39, 0.29) is 24.5 Å². The van der Waals surface area contributed by atoms with Crippen LogP contribution in [-0.2, 0) is 14.3 Å². The van der Waals surface area contributed by atoms with Gasteiger partial charge < -0.3 is 44.0 Å². The molecule has 0 saturated carbocycles. The topological polar surface area (TPSA) is 162 Å². The zero-order valence-corrected chi connectivity index (χ0v) is 25.5. The molecule has 0 radical (unpaired) electrons. The van der Waals surface area contributed by atoms with E-state index >= 15 is 0 Å². The van der Waals surface area contributed by atoms with Gasteiger partial charge in [0.1, 0.15) is 6.10 Å². The van der Waals surface area contributed by atoms with Crippen molar-refractivity contribution in [3.63, 3.8) is 0 Å². The highest BCUT2D eigenvalue weighted by Crippen LogP contribution is 2.56. The monoisotopic (exact) mass is 621 g/mol. The summed E-state index contributed by atoms with van der Waals surface area (Å²) in [5, 5.41) is 9.62. The predicted octanol–water partition coefficient (Wildman–Crippen LogP) is 4.33. The molecular weight excluding hydrogens is 586 g/mol. The summed E-state index contributed by atoms with van der Waals surface area (Å²) in [7, 11) is 4.51. The molecule has 0 aromatic heterocycles. The van der Waals surface area contributed by atoms with Gasteiger partial charge in [0.15, 0.2) is 23.0 Å². The number of carbonyl (C=O) groups is 3. The second kappa shape index (κ2) is 12.9. The summed E-state index contributed by atoms with van der Waals surface area (Å²) < 4.78 is 39.5. The van der Waals surface area contributed by atoms with Crippen LogP contribution in [0.5, 0.6) is 28.7 Å². The molecule has 238 valence electrons. The summed E-state index contributed by atoms with van der Waals surface area (Å²) in [6, 6.07) is 13.2. The van der Waals surface area contributed by atoms with Crippen LogP contribution in [0.4, 0.5) is 0 Å². The first-order chi connectivity index (χ1) is 21.6. The summed E-state index contributed by atoms with van der Waals surface area (Å²) in [4.78, 5) is 38.5. The third-order valence-corrected chi connectivity index (χ3v) is 7.78. The molecule has 0 amide bonds. The number of carbonyl (C=O) groups excluding carboxylic acids is 2. The predicted molar refractivity (Wildman–Crippen MR) is 159 cm³/mol. The number of carboxylic acid groups (broad SMARTS) is 1. The second-order valence-electron chi connectivity index (χ2n) is 11.0. The second-order valence-corrected chi connectivity index (χ2v) is 11.0. The maximum absolute atomic E-state index is 13.4. The maximum atomic E-state index is 13.4. The third kappa shape index (κ3) is 5.93. The van der Waals surface area contributed by atoms with E-state index in [4.69, 9.17) is 38.9 Å². The third-order valence-electron chi connectivity index (χ3n) is 7.78. The molecule has 1 aliphatic carbocycles. The Hall–Kier alpha value is -4.97. The van der Waals surface area contributed by atoms with Crippen LogP contribution >= 0.6 is 0 Å². The Bertz CT molecular complexity index is 1590. The van der Waals surface area contributed by atoms with E-state index in [0.29, 0.717) is 51.5 Å². The normalized spacial score (nSPS) is 20.6. The lowest BCUT2D eigenvalue weighted by Crippen LogP contribution is -2.36. The van der Waals surface area contributed by atoms with Crippen molar-refractivity contribution in [2.45, 2.75) is 31.9 Å². The van der Waals surface area contributed by atoms with Crippen molar-refractivity contribution in [3.8, 4) is 28.7 Å². The lowest BCUT2D eigenvalue weighted by molar-refractivity contribution is -0.141. The Morgan fingerprint density at radius 2 is 1.47 bits per heavy atom. The molecule has 45 heavy (non-hydrogen) atoms. The molecule has 3 N–H and O–H groups in total. The molecule has 2 heterocycles. The number of ether oxygens (including phenoxy) is 7. The highest BCUT2D eigenvalue weighted by atomic mass is 16.7. The number of cyclic esters (lactones) is 1. The van der Waals surface area contributed by atoms with Crippen molar-refractivity contribution in [2.24, 2.45) is 17.6 Å². The van der Waals surface area contributed by atoms with Crippen molar-refractivity contribution in [1.29, 1.82) is 0 Å². The van der Waals surface area contributed by atoms with Crippen LogP contribution in [0.1, 0.15) is 63.3 Å². The summed E-state index contributed by atoms with van der Waals surface area (Å²) >= 11 is 0. The summed E-state index contributed by atoms with van der Waals surface area (Å²) in [5.74, 6) is -2.29. The summed E-state index contributed by atoms with van der Waals surface area (Å²) in [6.07, 6.45) is -0.941. The van der Waals surface area contributed by atoms with Crippen molar-refractivity contribution in [3.05, 3.63) is 76.3 Å². The average molecular weight is 622 g/mol. The number of hydrogen-bond acceptors (Lipinski definition) is 11. The number of nitrogens with two attached hydrogens (primary N) is 1. The zero-order valence-electron chi connectivity index (χ0n) is 25.5. The van der Waals surface area contributed by atoms with Crippen molar-refractivity contribution in [1.82, 2.24) is 0 Å². The van der Waals surface area contributed by atoms with E-state index in [1.54, 1.807) is 30.3 Å². The van der Waals surface area contributed by atoms with Crippen LogP contribution in [0.25, 0.3) is 0 Å². The van der Waals surface area contributed by atoms with Gasteiger partial charge in [0, 0.05) is 17.4 Å². The standard InChI is InChI=1S/C30H26O11.C3H9N/c1-35-22-8-14(9-23(36-2)27(22)37-3)24-17-10-20-21(40-13-39-20)11-18(17)26(19-12-38-30(34)25(19)24)41-29(33)16-7-5-4-6-15(16)28(31)32;1-3(2)4/h4-11,19,24-26H,12-13H2,1-3H3,(H,31,32);3H,4H2,1-2H3/t19-,24+,25-,26-;/m0./s1. The quantitative estimate of drug-likeness (QED) is 0.360. The van der Waals surface area contributed by atoms with Gasteiger partial charge in [-0.15, -0.1) is 0 Å². The smallest absolute Gasteiger partial charge is 0.339 e. The number of aromatic carboxylic acids is 1. The Kier molecular flexibility index (Phi) is 9.05. The Morgan fingerprint density at radius 1 is 0.889 bits per heavy atom. The number of hydrogen-bond donors (Lipinski definition) is 2. The van der Waals surface area contributed by atoms with E-state index in [1.165, 1.54) is 39.5 Å². The maximum Gasteiger partial charge on any atom is 0.339 e. The number of rotatable bonds is 7. The molecule has 6 rings (SSSR count). The van der Waals surface area contributed by atoms with Crippen LogP contribution in [-0.4, -0.2) is 63.8 Å². The van der Waals surface area contributed by atoms with Gasteiger partial charge in [-0.3, -0.25) is 4.79 Å². The number of benzene rings is 3. The Balaban J connectivity index is 0.000000945. The van der Waals surface area contributed by atoms with Crippen LogP contribution in [0.2, 0.25) is 0 Å². The number of methoxy groups -OCH3 is 3. The minimum atomic E-state index is -1.26. The molecule has 12 heteroatoms. The molecule has 0 spiro atoms. The lowest BCUT2D eigenvalue weighted by atomic mass is 9.66. The lowest BCUT2D eigenvalue weighted by Gasteiger charge is -2.38. The van der Waals surface area contributed by atoms with Gasteiger partial charge in [-0.1, -0.05) is 26.0 Å². The van der Waals surface area contributed by atoms with Crippen molar-refractivity contribution in [2.75, 3.05) is 34.7 Å². The number of esters is 2. The van der Waals surface area contributed by atoms with Crippen LogP contribution in [0.15, 0.2) is 48.5 Å². The molecular formula is C33H35NO11. The molecule has 0 bridgehead atoms. The average Bonchev–Trinajstić information content (AvgIpc) is 3.65. The molecule has 1 fully saturated rings. The van der Waals surface area contributed by atoms with Crippen LogP contribution in [0.3, 0.4) is 0 Å². The zero-order chi connectivity index (χ0) is 32.4. The Morgan fingerprint density at radius 3 is 2.02 bits per heavy atom. The van der Waals surface area contributed by atoms with E-state index < -0.39 is 41.8 Å². The van der Waals surface area contributed by atoms with Gasteiger partial charge in [0.05, 0.1) is 45.0 Å². The first-order valence-electron chi connectivity index (χ1n) is 14.3. The minimum Gasteiger partial charge on any atom is -0.493 e. The molecule has 3 aromatic carbocycles. The van der Waals surface area contributed by atoms with Gasteiger partial charge in [0.25, 0.3) is 0 Å². The molecule has 0 unspecified atom stereocenters. The van der Waals surface area contributed by atoms with E-state index in [0.717, 1.165) is 0 Å². The van der Waals surface area contributed by atoms with Gasteiger partial charge in [-0.05, 0) is 53.6 Å². The van der Waals surface area contributed by atoms with Crippen LogP contribution < -0.4 is 29.4 Å². The van der Waals surface area contributed by atoms with Gasteiger partial charge in [-0.2, -0.15) is 0 Å².